The Hall–Kier alpha value is -1.72. The van der Waals surface area contributed by atoms with Crippen molar-refractivity contribution in [3.05, 3.63) is 51.0 Å². The second-order valence-corrected chi connectivity index (χ2v) is 5.63. The maximum absolute atomic E-state index is 12.2. The quantitative estimate of drug-likeness (QED) is 0.714. The highest BCUT2D eigenvalue weighted by Crippen LogP contribution is 2.29. The lowest BCUT2D eigenvalue weighted by molar-refractivity contribution is 0.102. The maximum Gasteiger partial charge on any atom is 0.257 e. The lowest BCUT2D eigenvalue weighted by Crippen LogP contribution is -2.14. The topological polar surface area (TPSA) is 75.3 Å². The number of hydrogen-bond acceptors (Lipinski definition) is 3. The van der Waals surface area contributed by atoms with E-state index in [4.69, 9.17) is 17.3 Å². The number of nitrogens with two attached hydrogens (primary N) is 1. The Bertz CT molecular complexity index is 666. The summed E-state index contributed by atoms with van der Waals surface area (Å²) in [5.74, 6) is -0.455. The van der Waals surface area contributed by atoms with Crippen molar-refractivity contribution in [2.24, 2.45) is 0 Å². The van der Waals surface area contributed by atoms with Crippen LogP contribution in [0.25, 0.3) is 0 Å². The van der Waals surface area contributed by atoms with Gasteiger partial charge in [-0.15, -0.1) is 0 Å². The number of phenolic OH excluding ortho intramolecular Hbond substituents is 1. The van der Waals surface area contributed by atoms with E-state index < -0.39 is 5.91 Å². The van der Waals surface area contributed by atoms with Gasteiger partial charge in [-0.25, -0.2) is 0 Å². The first-order valence-corrected chi connectivity index (χ1v) is 6.91. The van der Waals surface area contributed by atoms with Gasteiger partial charge >= 0.3 is 0 Å². The number of nitrogen functional groups attached to an aromatic ring is 1. The van der Waals surface area contributed by atoms with Gasteiger partial charge in [0.25, 0.3) is 5.91 Å². The van der Waals surface area contributed by atoms with Crippen LogP contribution in [0.4, 0.5) is 11.4 Å². The average molecular weight is 356 g/mol. The smallest absolute Gasteiger partial charge is 0.257 e. The molecule has 4 nitrogen and oxygen atoms in total. The number of carbonyl (C=O) groups is 1. The lowest BCUT2D eigenvalue weighted by atomic mass is 10.1. The molecule has 0 aromatic heterocycles. The van der Waals surface area contributed by atoms with Crippen LogP contribution < -0.4 is 11.1 Å². The largest absolute Gasteiger partial charge is 0.508 e. The second-order valence-electron chi connectivity index (χ2n) is 4.31. The molecular formula is C14H12BrClN2O2. The van der Waals surface area contributed by atoms with Crippen molar-refractivity contribution in [3.63, 3.8) is 0 Å². The molecule has 2 rings (SSSR count). The first kappa shape index (κ1) is 14.7. The van der Waals surface area contributed by atoms with Gasteiger partial charge in [0.1, 0.15) is 5.75 Å². The van der Waals surface area contributed by atoms with Crippen LogP contribution in [0.3, 0.4) is 0 Å². The van der Waals surface area contributed by atoms with Crippen LogP contribution in [0.1, 0.15) is 15.9 Å². The fourth-order valence-electron chi connectivity index (χ4n) is 1.81. The van der Waals surface area contributed by atoms with Gasteiger partial charge < -0.3 is 16.2 Å². The number of carbonyl (C=O) groups excluding carboxylic acids is 1. The zero-order valence-electron chi connectivity index (χ0n) is 10.6. The maximum atomic E-state index is 12.2. The van der Waals surface area contributed by atoms with E-state index in [1.54, 1.807) is 6.07 Å². The normalized spacial score (nSPS) is 10.3. The summed E-state index contributed by atoms with van der Waals surface area (Å²) in [6.45, 7) is 1.83. The van der Waals surface area contributed by atoms with E-state index >= 15 is 0 Å². The zero-order chi connectivity index (χ0) is 14.9. The van der Waals surface area contributed by atoms with Crippen molar-refractivity contribution in [3.8, 4) is 5.75 Å². The van der Waals surface area contributed by atoms with Gasteiger partial charge in [0.05, 0.1) is 22.0 Å². The summed E-state index contributed by atoms with van der Waals surface area (Å²) in [6.07, 6.45) is 0. The van der Waals surface area contributed by atoms with E-state index in [0.717, 1.165) is 10.0 Å². The Labute approximate surface area is 129 Å². The minimum absolute atomic E-state index is 0.0277. The molecular weight excluding hydrogens is 344 g/mol. The number of benzene rings is 2. The van der Waals surface area contributed by atoms with Crippen molar-refractivity contribution in [2.75, 3.05) is 11.1 Å². The second kappa shape index (κ2) is 5.73. The number of aromatic hydroxyl groups is 1. The molecule has 0 aliphatic rings. The van der Waals surface area contributed by atoms with Gasteiger partial charge in [0.15, 0.2) is 0 Å². The molecule has 2 aromatic carbocycles. The molecule has 0 radical (unpaired) electrons. The highest BCUT2D eigenvalue weighted by atomic mass is 79.9. The zero-order valence-corrected chi connectivity index (χ0v) is 12.9. The number of aryl methyl sites for hydroxylation is 1. The Morgan fingerprint density at radius 2 is 2.05 bits per heavy atom. The van der Waals surface area contributed by atoms with Crippen LogP contribution in [-0.2, 0) is 0 Å². The third-order valence-corrected chi connectivity index (χ3v) is 3.55. The van der Waals surface area contributed by atoms with E-state index in [2.05, 4.69) is 21.2 Å². The molecule has 0 bridgehead atoms. The molecule has 0 saturated carbocycles. The molecule has 1 amide bonds. The number of amides is 1. The number of phenols is 1. The first-order valence-electron chi connectivity index (χ1n) is 5.74. The van der Waals surface area contributed by atoms with Gasteiger partial charge in [-0.1, -0.05) is 27.5 Å². The molecule has 2 aromatic rings. The van der Waals surface area contributed by atoms with Crippen LogP contribution >= 0.6 is 27.5 Å². The summed E-state index contributed by atoms with van der Waals surface area (Å²) >= 11 is 9.28. The minimum atomic E-state index is -0.428. The summed E-state index contributed by atoms with van der Waals surface area (Å²) in [6, 6.07) is 7.73. The van der Waals surface area contributed by atoms with Crippen molar-refractivity contribution in [1.82, 2.24) is 0 Å². The third kappa shape index (κ3) is 3.05. The molecule has 4 N–H and O–H groups in total. The Balaban J connectivity index is 2.35. The summed E-state index contributed by atoms with van der Waals surface area (Å²) in [7, 11) is 0. The number of hydrogen-bond donors (Lipinski definition) is 3. The van der Waals surface area contributed by atoms with Gasteiger partial charge in [0, 0.05) is 4.47 Å². The summed E-state index contributed by atoms with van der Waals surface area (Å²) in [5.41, 5.74) is 7.87. The van der Waals surface area contributed by atoms with Crippen LogP contribution in [0.5, 0.6) is 5.75 Å². The number of nitrogens with one attached hydrogen (secondary N) is 1. The minimum Gasteiger partial charge on any atom is -0.508 e. The number of anilines is 2. The fourth-order valence-corrected chi connectivity index (χ4v) is 2.60. The van der Waals surface area contributed by atoms with Gasteiger partial charge in [-0.3, -0.25) is 4.79 Å². The molecule has 6 heteroatoms. The third-order valence-electron chi connectivity index (χ3n) is 2.76. The van der Waals surface area contributed by atoms with Crippen molar-refractivity contribution < 1.29 is 9.90 Å². The molecule has 20 heavy (non-hydrogen) atoms. The standard InChI is InChI=1S/C14H12BrClN2O2/c1-7-4-8(15)5-12(17)13(7)18-14(20)10-6-9(19)2-3-11(10)16/h2-6,19H,17H2,1H3,(H,18,20). The molecule has 104 valence electrons. The Morgan fingerprint density at radius 1 is 1.35 bits per heavy atom. The summed E-state index contributed by atoms with van der Waals surface area (Å²) in [4.78, 5) is 12.2. The summed E-state index contributed by atoms with van der Waals surface area (Å²) in [5, 5.41) is 12.4. The van der Waals surface area contributed by atoms with Crippen molar-refractivity contribution >= 4 is 44.8 Å². The SMILES string of the molecule is Cc1cc(Br)cc(N)c1NC(=O)c1cc(O)ccc1Cl. The molecule has 0 saturated heterocycles. The first-order chi connectivity index (χ1) is 9.38. The molecule has 0 aliphatic heterocycles. The van der Waals surface area contributed by atoms with Crippen LogP contribution in [0.15, 0.2) is 34.8 Å². The molecule has 0 unspecified atom stereocenters. The van der Waals surface area contributed by atoms with Gasteiger partial charge in [-0.05, 0) is 42.8 Å². The van der Waals surface area contributed by atoms with E-state index in [9.17, 15) is 9.90 Å². The van der Waals surface area contributed by atoms with E-state index in [1.807, 2.05) is 13.0 Å². The predicted octanol–water partition coefficient (Wildman–Crippen LogP) is 3.95. The molecule has 0 heterocycles. The van der Waals surface area contributed by atoms with Crippen molar-refractivity contribution in [1.29, 1.82) is 0 Å². The Morgan fingerprint density at radius 3 is 2.70 bits per heavy atom. The Kier molecular flexibility index (Phi) is 4.20. The monoisotopic (exact) mass is 354 g/mol. The molecule has 0 fully saturated rings. The molecule has 0 aliphatic carbocycles. The van der Waals surface area contributed by atoms with Crippen LogP contribution in [0.2, 0.25) is 5.02 Å². The molecule has 0 spiro atoms. The van der Waals surface area contributed by atoms with Crippen molar-refractivity contribution in [2.45, 2.75) is 6.92 Å². The lowest BCUT2D eigenvalue weighted by Gasteiger charge is -2.13. The predicted molar refractivity (Wildman–Crippen MR) is 84.4 cm³/mol. The van der Waals surface area contributed by atoms with Crippen LogP contribution in [-0.4, -0.2) is 11.0 Å². The summed E-state index contributed by atoms with van der Waals surface area (Å²) < 4.78 is 0.834. The van der Waals surface area contributed by atoms with Gasteiger partial charge in [0.2, 0.25) is 0 Å². The average Bonchev–Trinajstić information content (AvgIpc) is 2.36. The van der Waals surface area contributed by atoms with Gasteiger partial charge in [-0.2, -0.15) is 0 Å². The highest BCUT2D eigenvalue weighted by Gasteiger charge is 2.14. The van der Waals surface area contributed by atoms with Crippen LogP contribution in [0, 0.1) is 6.92 Å². The highest BCUT2D eigenvalue weighted by molar-refractivity contribution is 9.10. The number of rotatable bonds is 2. The van der Waals surface area contributed by atoms with E-state index in [-0.39, 0.29) is 16.3 Å². The number of halogens is 2. The van der Waals surface area contributed by atoms with E-state index in [1.165, 1.54) is 18.2 Å². The van der Waals surface area contributed by atoms with E-state index in [0.29, 0.717) is 11.4 Å². The fraction of sp³-hybridized carbons (Fsp3) is 0.0714. The molecule has 0 atom stereocenters.